The first-order chi connectivity index (χ1) is 6.97. The molecule has 0 amide bonds. The van der Waals surface area contributed by atoms with Gasteiger partial charge in [0.2, 0.25) is 0 Å². The van der Waals surface area contributed by atoms with E-state index in [0.29, 0.717) is 0 Å². The molecule has 80 valence electrons. The van der Waals surface area contributed by atoms with Gasteiger partial charge in [0.15, 0.2) is 11.5 Å². The largest absolute Gasteiger partial charge is 0.490 e. The summed E-state index contributed by atoms with van der Waals surface area (Å²) in [4.78, 5) is 21.4. The topological polar surface area (TPSA) is 69.4 Å². The number of carbonyl (C=O) groups is 1. The van der Waals surface area contributed by atoms with Gasteiger partial charge in [-0.3, -0.25) is 14.9 Å². The van der Waals surface area contributed by atoms with Crippen molar-refractivity contribution in [1.29, 1.82) is 0 Å². The Morgan fingerprint density at radius 1 is 1.47 bits per heavy atom. The molecule has 0 aliphatic rings. The fourth-order valence-electron chi connectivity index (χ4n) is 1.36. The predicted molar refractivity (Wildman–Crippen MR) is 54.4 cm³/mol. The number of ketones is 1. The van der Waals surface area contributed by atoms with Crippen LogP contribution in [0.2, 0.25) is 0 Å². The van der Waals surface area contributed by atoms with Crippen LogP contribution in [0.5, 0.6) is 5.75 Å². The summed E-state index contributed by atoms with van der Waals surface area (Å²) in [6.45, 7) is 3.04. The maximum absolute atomic E-state index is 11.2. The Kier molecular flexibility index (Phi) is 3.04. The first-order valence-electron chi connectivity index (χ1n) is 4.31. The van der Waals surface area contributed by atoms with E-state index in [0.717, 1.165) is 5.56 Å². The minimum Gasteiger partial charge on any atom is -0.490 e. The third-order valence-corrected chi connectivity index (χ3v) is 2.00. The van der Waals surface area contributed by atoms with E-state index in [1.165, 1.54) is 26.2 Å². The molecule has 0 aliphatic carbocycles. The number of carbonyl (C=O) groups excluding carboxylic acids is 1. The average Bonchev–Trinajstić information content (AvgIpc) is 2.15. The van der Waals surface area contributed by atoms with Gasteiger partial charge in [0.25, 0.3) is 0 Å². The van der Waals surface area contributed by atoms with Crippen LogP contribution in [0, 0.1) is 17.0 Å². The monoisotopic (exact) mass is 209 g/mol. The van der Waals surface area contributed by atoms with Gasteiger partial charge in [-0.15, -0.1) is 0 Å². The van der Waals surface area contributed by atoms with Crippen molar-refractivity contribution in [2.75, 3.05) is 7.11 Å². The number of nitro groups is 1. The van der Waals surface area contributed by atoms with E-state index in [4.69, 9.17) is 4.74 Å². The lowest BCUT2D eigenvalue weighted by atomic mass is 10.1. The van der Waals surface area contributed by atoms with Crippen LogP contribution in [-0.2, 0) is 0 Å². The second kappa shape index (κ2) is 4.08. The number of nitro benzene ring substituents is 1. The molecule has 0 unspecified atom stereocenters. The van der Waals surface area contributed by atoms with Crippen LogP contribution in [-0.4, -0.2) is 17.8 Å². The Bertz CT molecular complexity index is 426. The first kappa shape index (κ1) is 11.2. The van der Waals surface area contributed by atoms with Gasteiger partial charge in [-0.2, -0.15) is 0 Å². The van der Waals surface area contributed by atoms with Crippen molar-refractivity contribution in [3.8, 4) is 5.75 Å². The van der Waals surface area contributed by atoms with Gasteiger partial charge in [0, 0.05) is 0 Å². The van der Waals surface area contributed by atoms with Gasteiger partial charge < -0.3 is 4.74 Å². The fraction of sp³-hybridized carbons (Fsp3) is 0.300. The van der Waals surface area contributed by atoms with E-state index in [-0.39, 0.29) is 22.8 Å². The maximum Gasteiger partial charge on any atom is 0.321 e. The molecule has 5 nitrogen and oxygen atoms in total. The molecule has 0 spiro atoms. The predicted octanol–water partition coefficient (Wildman–Crippen LogP) is 2.11. The highest BCUT2D eigenvalue weighted by Crippen LogP contribution is 2.32. The second-order valence-corrected chi connectivity index (χ2v) is 3.18. The summed E-state index contributed by atoms with van der Waals surface area (Å²) in [6, 6.07) is 3.02. The van der Waals surface area contributed by atoms with Crippen molar-refractivity contribution in [3.63, 3.8) is 0 Å². The van der Waals surface area contributed by atoms with Crippen molar-refractivity contribution in [3.05, 3.63) is 33.4 Å². The van der Waals surface area contributed by atoms with Crippen LogP contribution in [0.25, 0.3) is 0 Å². The van der Waals surface area contributed by atoms with Gasteiger partial charge in [-0.1, -0.05) is 0 Å². The number of ether oxygens (including phenoxy) is 1. The smallest absolute Gasteiger partial charge is 0.321 e. The van der Waals surface area contributed by atoms with E-state index in [9.17, 15) is 14.9 Å². The van der Waals surface area contributed by atoms with Crippen LogP contribution in [0.3, 0.4) is 0 Å². The van der Waals surface area contributed by atoms with Crippen molar-refractivity contribution >= 4 is 11.5 Å². The van der Waals surface area contributed by atoms with Gasteiger partial charge in [-0.05, 0) is 31.5 Å². The zero-order valence-corrected chi connectivity index (χ0v) is 8.73. The molecule has 15 heavy (non-hydrogen) atoms. The number of rotatable bonds is 3. The molecule has 0 atom stereocenters. The molecule has 0 radical (unpaired) electrons. The molecule has 0 bridgehead atoms. The highest BCUT2D eigenvalue weighted by Gasteiger charge is 2.23. The molecular weight excluding hydrogens is 198 g/mol. The second-order valence-electron chi connectivity index (χ2n) is 3.18. The van der Waals surface area contributed by atoms with E-state index in [1.54, 1.807) is 6.92 Å². The number of methoxy groups -OCH3 is 1. The molecule has 0 N–H and O–H groups in total. The van der Waals surface area contributed by atoms with Crippen LogP contribution in [0.15, 0.2) is 12.1 Å². The Balaban J connectivity index is 3.54. The van der Waals surface area contributed by atoms with E-state index < -0.39 is 4.92 Å². The molecule has 1 aromatic rings. The van der Waals surface area contributed by atoms with Crippen molar-refractivity contribution in [2.24, 2.45) is 0 Å². The number of Topliss-reactive ketones (excluding diaryl/α,β-unsaturated/α-hetero) is 1. The van der Waals surface area contributed by atoms with Gasteiger partial charge in [0.05, 0.1) is 17.6 Å². The molecule has 1 rings (SSSR count). The Labute approximate surface area is 86.8 Å². The summed E-state index contributed by atoms with van der Waals surface area (Å²) in [7, 11) is 1.34. The molecule has 5 heteroatoms. The number of aryl methyl sites for hydroxylation is 1. The summed E-state index contributed by atoms with van der Waals surface area (Å²) < 4.78 is 4.88. The van der Waals surface area contributed by atoms with E-state index in [2.05, 4.69) is 0 Å². The normalized spacial score (nSPS) is 9.80. The van der Waals surface area contributed by atoms with Gasteiger partial charge >= 0.3 is 5.69 Å². The van der Waals surface area contributed by atoms with Crippen LogP contribution >= 0.6 is 0 Å². The molecule has 0 saturated heterocycles. The molecule has 0 aliphatic heterocycles. The van der Waals surface area contributed by atoms with Crippen molar-refractivity contribution in [1.82, 2.24) is 0 Å². The SMILES string of the molecule is COc1cc(C)cc(C(C)=O)c1[N+](=O)[O-]. The Hall–Kier alpha value is -1.91. The minimum absolute atomic E-state index is 0.0804. The zero-order valence-electron chi connectivity index (χ0n) is 8.73. The zero-order chi connectivity index (χ0) is 11.6. The Morgan fingerprint density at radius 3 is 2.47 bits per heavy atom. The number of hydrogen-bond donors (Lipinski definition) is 0. The van der Waals surface area contributed by atoms with E-state index >= 15 is 0 Å². The number of hydrogen-bond acceptors (Lipinski definition) is 4. The highest BCUT2D eigenvalue weighted by molar-refractivity contribution is 5.99. The van der Waals surface area contributed by atoms with E-state index in [1.807, 2.05) is 0 Å². The number of benzene rings is 1. The minimum atomic E-state index is -0.602. The summed E-state index contributed by atoms with van der Waals surface area (Å²) in [5.74, 6) is -0.228. The lowest BCUT2D eigenvalue weighted by molar-refractivity contribution is -0.386. The molecule has 0 fully saturated rings. The summed E-state index contributed by atoms with van der Waals surface area (Å²) in [6.07, 6.45) is 0. The van der Waals surface area contributed by atoms with Crippen LogP contribution in [0.4, 0.5) is 5.69 Å². The highest BCUT2D eigenvalue weighted by atomic mass is 16.6. The molecule has 0 heterocycles. The Morgan fingerprint density at radius 2 is 2.07 bits per heavy atom. The molecule has 0 aromatic heterocycles. The third-order valence-electron chi connectivity index (χ3n) is 2.00. The molecule has 0 saturated carbocycles. The lowest BCUT2D eigenvalue weighted by Gasteiger charge is -2.06. The molecule has 1 aromatic carbocycles. The molecular formula is C10H11NO4. The average molecular weight is 209 g/mol. The van der Waals surface area contributed by atoms with Crippen LogP contribution in [0.1, 0.15) is 22.8 Å². The standard InChI is InChI=1S/C10H11NO4/c1-6-4-8(7(2)12)10(11(13)14)9(5-6)15-3/h4-5H,1-3H3. The maximum atomic E-state index is 11.2. The summed E-state index contributed by atoms with van der Waals surface area (Å²) >= 11 is 0. The first-order valence-corrected chi connectivity index (χ1v) is 4.31. The fourth-order valence-corrected chi connectivity index (χ4v) is 1.36. The van der Waals surface area contributed by atoms with Gasteiger partial charge in [-0.25, -0.2) is 0 Å². The van der Waals surface area contributed by atoms with Gasteiger partial charge in [0.1, 0.15) is 0 Å². The van der Waals surface area contributed by atoms with Crippen molar-refractivity contribution < 1.29 is 14.5 Å². The van der Waals surface area contributed by atoms with Crippen LogP contribution < -0.4 is 4.74 Å². The third kappa shape index (κ3) is 2.12. The quantitative estimate of drug-likeness (QED) is 0.434. The lowest BCUT2D eigenvalue weighted by Crippen LogP contribution is -2.03. The number of nitrogens with zero attached hydrogens (tertiary/aromatic N) is 1. The summed E-state index contributed by atoms with van der Waals surface area (Å²) in [5.41, 5.74) is 0.565. The van der Waals surface area contributed by atoms with Crippen molar-refractivity contribution in [2.45, 2.75) is 13.8 Å². The summed E-state index contributed by atoms with van der Waals surface area (Å²) in [5, 5.41) is 10.8.